The molecule has 0 aliphatic heterocycles. The Kier molecular flexibility index (Phi) is 4.38. The van der Waals surface area contributed by atoms with E-state index in [9.17, 15) is 13.9 Å². The van der Waals surface area contributed by atoms with Crippen molar-refractivity contribution < 1.29 is 13.9 Å². The Morgan fingerprint density at radius 1 is 0.957 bits per heavy atom. The third-order valence-electron chi connectivity index (χ3n) is 5.05. The van der Waals surface area contributed by atoms with Crippen LogP contribution in [0.5, 0.6) is 5.75 Å². The van der Waals surface area contributed by atoms with Crippen molar-refractivity contribution in [3.05, 3.63) is 53.1 Å². The lowest BCUT2D eigenvalue weighted by atomic mass is 9.79. The highest BCUT2D eigenvalue weighted by atomic mass is 19.1. The van der Waals surface area contributed by atoms with Crippen molar-refractivity contribution in [2.45, 2.75) is 45.4 Å². The van der Waals surface area contributed by atoms with Crippen LogP contribution in [0.3, 0.4) is 0 Å². The van der Waals surface area contributed by atoms with Crippen LogP contribution in [0.1, 0.15) is 49.7 Å². The smallest absolute Gasteiger partial charge is 0.134 e. The van der Waals surface area contributed by atoms with Crippen LogP contribution in [0.25, 0.3) is 11.1 Å². The quantitative estimate of drug-likeness (QED) is 0.727. The molecule has 122 valence electrons. The number of hydrogen-bond donors (Lipinski definition) is 1. The molecule has 3 rings (SSSR count). The molecule has 0 bridgehead atoms. The summed E-state index contributed by atoms with van der Waals surface area (Å²) in [5.74, 6) is -0.109. The standard InChI is InChI=1S/C20H22F2O/c1-12-3-6-14(7-4-12)16-9-17(21)20(18(22)10-16)15-8-5-13(2)19(23)11-15/h5,8-12,14,23H,3-4,6-7H2,1-2H3. The van der Waals surface area contributed by atoms with Crippen molar-refractivity contribution in [2.24, 2.45) is 5.92 Å². The number of phenolic OH excluding ortho intramolecular Hbond substituents is 1. The highest BCUT2D eigenvalue weighted by Crippen LogP contribution is 2.38. The fraction of sp³-hybridized carbons (Fsp3) is 0.400. The Bertz CT molecular complexity index is 693. The minimum Gasteiger partial charge on any atom is -0.508 e. The van der Waals surface area contributed by atoms with Crippen molar-refractivity contribution in [3.8, 4) is 16.9 Å². The Morgan fingerprint density at radius 3 is 2.13 bits per heavy atom. The summed E-state index contributed by atoms with van der Waals surface area (Å²) in [7, 11) is 0. The Labute approximate surface area is 136 Å². The Hall–Kier alpha value is -1.90. The van der Waals surface area contributed by atoms with Crippen molar-refractivity contribution in [1.82, 2.24) is 0 Å². The Morgan fingerprint density at radius 2 is 1.57 bits per heavy atom. The van der Waals surface area contributed by atoms with Crippen LogP contribution in [0.15, 0.2) is 30.3 Å². The van der Waals surface area contributed by atoms with E-state index in [2.05, 4.69) is 6.92 Å². The van der Waals surface area contributed by atoms with Crippen molar-refractivity contribution in [1.29, 1.82) is 0 Å². The van der Waals surface area contributed by atoms with Crippen molar-refractivity contribution in [2.75, 3.05) is 0 Å². The lowest BCUT2D eigenvalue weighted by molar-refractivity contribution is 0.346. The molecule has 1 saturated carbocycles. The van der Waals surface area contributed by atoms with E-state index in [1.54, 1.807) is 19.1 Å². The van der Waals surface area contributed by atoms with Crippen LogP contribution in [0, 0.1) is 24.5 Å². The van der Waals surface area contributed by atoms with Gasteiger partial charge in [0.05, 0.1) is 5.56 Å². The minimum absolute atomic E-state index is 0.0478. The number of aryl methyl sites for hydroxylation is 1. The van der Waals surface area contributed by atoms with Gasteiger partial charge in [0.1, 0.15) is 17.4 Å². The zero-order valence-corrected chi connectivity index (χ0v) is 13.6. The second-order valence-electron chi connectivity index (χ2n) is 6.82. The van der Waals surface area contributed by atoms with E-state index in [1.165, 1.54) is 18.2 Å². The second kappa shape index (κ2) is 6.31. The van der Waals surface area contributed by atoms with Crippen LogP contribution in [-0.4, -0.2) is 5.11 Å². The van der Waals surface area contributed by atoms with Crippen molar-refractivity contribution in [3.63, 3.8) is 0 Å². The molecule has 0 aromatic heterocycles. The van der Waals surface area contributed by atoms with E-state index in [4.69, 9.17) is 0 Å². The van der Waals surface area contributed by atoms with Crippen molar-refractivity contribution >= 4 is 0 Å². The van der Waals surface area contributed by atoms with Gasteiger partial charge in [-0.1, -0.05) is 31.9 Å². The van der Waals surface area contributed by atoms with Crippen LogP contribution >= 0.6 is 0 Å². The normalized spacial score (nSPS) is 21.4. The lowest BCUT2D eigenvalue weighted by Gasteiger charge is -2.26. The molecule has 1 aliphatic carbocycles. The first-order valence-electron chi connectivity index (χ1n) is 8.24. The van der Waals surface area contributed by atoms with Gasteiger partial charge in [-0.25, -0.2) is 8.78 Å². The zero-order chi connectivity index (χ0) is 16.6. The molecule has 0 spiro atoms. The van der Waals surface area contributed by atoms with Crippen LogP contribution in [0.4, 0.5) is 8.78 Å². The summed E-state index contributed by atoms with van der Waals surface area (Å²) < 4.78 is 29.1. The summed E-state index contributed by atoms with van der Waals surface area (Å²) in [6.45, 7) is 3.98. The molecule has 1 aliphatic rings. The molecule has 2 aromatic carbocycles. The fourth-order valence-corrected chi connectivity index (χ4v) is 3.46. The minimum atomic E-state index is -0.554. The SMILES string of the molecule is Cc1ccc(-c2c(F)cc(C3CCC(C)CC3)cc2F)cc1O. The largest absolute Gasteiger partial charge is 0.508 e. The van der Waals surface area contributed by atoms with Gasteiger partial charge in [0, 0.05) is 0 Å². The highest BCUT2D eigenvalue weighted by molar-refractivity contribution is 5.67. The third-order valence-corrected chi connectivity index (χ3v) is 5.05. The monoisotopic (exact) mass is 316 g/mol. The van der Waals surface area contributed by atoms with Gasteiger partial charge in [-0.2, -0.15) is 0 Å². The van der Waals surface area contributed by atoms with E-state index in [0.29, 0.717) is 17.0 Å². The Balaban J connectivity index is 1.95. The molecule has 3 heteroatoms. The molecule has 1 fully saturated rings. The summed E-state index contributed by atoms with van der Waals surface area (Å²) in [5.41, 5.74) is 1.75. The molecule has 0 amide bonds. The molecule has 0 heterocycles. The van der Waals surface area contributed by atoms with Gasteiger partial charge < -0.3 is 5.11 Å². The molecule has 1 N–H and O–H groups in total. The predicted molar refractivity (Wildman–Crippen MR) is 88.6 cm³/mol. The lowest BCUT2D eigenvalue weighted by Crippen LogP contribution is -2.11. The van der Waals surface area contributed by atoms with Crippen LogP contribution in [-0.2, 0) is 0 Å². The molecule has 23 heavy (non-hydrogen) atoms. The zero-order valence-electron chi connectivity index (χ0n) is 13.6. The maximum atomic E-state index is 14.5. The molecular weight excluding hydrogens is 294 g/mol. The second-order valence-corrected chi connectivity index (χ2v) is 6.82. The van der Waals surface area contributed by atoms with Gasteiger partial charge in [-0.3, -0.25) is 0 Å². The fourth-order valence-electron chi connectivity index (χ4n) is 3.46. The molecule has 1 nitrogen and oxygen atoms in total. The average Bonchev–Trinajstić information content (AvgIpc) is 2.51. The van der Waals surface area contributed by atoms with Gasteiger partial charge in [-0.05, 0) is 66.5 Å². The number of rotatable bonds is 2. The molecule has 0 saturated heterocycles. The topological polar surface area (TPSA) is 20.2 Å². The number of halogens is 2. The molecule has 2 aromatic rings. The number of benzene rings is 2. The van der Waals surface area contributed by atoms with Gasteiger partial charge >= 0.3 is 0 Å². The first kappa shape index (κ1) is 16.0. The summed E-state index contributed by atoms with van der Waals surface area (Å²) >= 11 is 0. The van der Waals surface area contributed by atoms with Crippen LogP contribution in [0.2, 0.25) is 0 Å². The van der Waals surface area contributed by atoms with Gasteiger partial charge in [-0.15, -0.1) is 0 Å². The van der Waals surface area contributed by atoms with Gasteiger partial charge in [0.15, 0.2) is 0 Å². The average molecular weight is 316 g/mol. The third kappa shape index (κ3) is 3.24. The summed E-state index contributed by atoms with van der Waals surface area (Å²) in [6.07, 6.45) is 4.21. The molecular formula is C20H22F2O. The van der Waals surface area contributed by atoms with Gasteiger partial charge in [0.25, 0.3) is 0 Å². The summed E-state index contributed by atoms with van der Waals surface area (Å²) in [4.78, 5) is 0. The molecule has 0 unspecified atom stereocenters. The maximum Gasteiger partial charge on any atom is 0.134 e. The first-order valence-corrected chi connectivity index (χ1v) is 8.24. The van der Waals surface area contributed by atoms with Crippen LogP contribution < -0.4 is 0 Å². The number of hydrogen-bond acceptors (Lipinski definition) is 1. The number of phenols is 1. The maximum absolute atomic E-state index is 14.5. The first-order chi connectivity index (χ1) is 11.0. The molecule has 0 radical (unpaired) electrons. The number of aromatic hydroxyl groups is 1. The van der Waals surface area contributed by atoms with Gasteiger partial charge in [0.2, 0.25) is 0 Å². The van der Waals surface area contributed by atoms with E-state index >= 15 is 0 Å². The summed E-state index contributed by atoms with van der Waals surface area (Å²) in [5, 5.41) is 9.78. The highest BCUT2D eigenvalue weighted by Gasteiger charge is 2.23. The van der Waals surface area contributed by atoms with E-state index < -0.39 is 11.6 Å². The summed E-state index contributed by atoms with van der Waals surface area (Å²) in [6, 6.07) is 7.66. The predicted octanol–water partition coefficient (Wildman–Crippen LogP) is 5.94. The van der Waals surface area contributed by atoms with E-state index in [-0.39, 0.29) is 17.2 Å². The molecule has 0 atom stereocenters. The van der Waals surface area contributed by atoms with E-state index in [1.807, 2.05) is 0 Å². The van der Waals surface area contributed by atoms with E-state index in [0.717, 1.165) is 31.2 Å².